The molecule has 0 spiro atoms. The number of aromatic nitrogens is 1. The summed E-state index contributed by atoms with van der Waals surface area (Å²) in [7, 11) is 0. The van der Waals surface area contributed by atoms with Crippen LogP contribution in [-0.2, 0) is 16.0 Å². The number of amides is 4. The third-order valence-corrected chi connectivity index (χ3v) is 7.89. The second kappa shape index (κ2) is 12.5. The number of carbonyl (C=O) groups excluding carboxylic acids is 4. The Hall–Kier alpha value is -3.99. The third-order valence-electron chi connectivity index (χ3n) is 7.89. The van der Waals surface area contributed by atoms with Gasteiger partial charge in [-0.15, -0.1) is 0 Å². The second-order valence-electron chi connectivity index (χ2n) is 10.5. The number of ether oxygens (including phenoxy) is 1. The van der Waals surface area contributed by atoms with Crippen LogP contribution in [0.3, 0.4) is 0 Å². The zero-order valence-electron chi connectivity index (χ0n) is 22.6. The summed E-state index contributed by atoms with van der Waals surface area (Å²) in [5.41, 5.74) is 7.25. The van der Waals surface area contributed by atoms with Crippen LogP contribution in [0.4, 0.5) is 5.82 Å². The fourth-order valence-electron chi connectivity index (χ4n) is 5.57. The number of pyridine rings is 1. The highest BCUT2D eigenvalue weighted by molar-refractivity contribution is 6.04. The summed E-state index contributed by atoms with van der Waals surface area (Å²) in [6.07, 6.45) is 5.93. The van der Waals surface area contributed by atoms with Crippen LogP contribution >= 0.6 is 0 Å². The monoisotopic (exact) mass is 548 g/mol. The van der Waals surface area contributed by atoms with Crippen molar-refractivity contribution in [2.45, 2.75) is 44.6 Å². The number of nitrogens with zero attached hydrogens (tertiary/aromatic N) is 4. The van der Waals surface area contributed by atoms with Gasteiger partial charge >= 0.3 is 0 Å². The summed E-state index contributed by atoms with van der Waals surface area (Å²) < 4.78 is 5.97. The molecule has 1 unspecified atom stereocenters. The van der Waals surface area contributed by atoms with Crippen LogP contribution in [0.5, 0.6) is 5.75 Å². The third kappa shape index (κ3) is 6.41. The average molecular weight is 549 g/mol. The van der Waals surface area contributed by atoms with Gasteiger partial charge in [0.25, 0.3) is 5.91 Å². The highest BCUT2D eigenvalue weighted by Crippen LogP contribution is 2.27. The number of carbonyl (C=O) groups is 4. The highest BCUT2D eigenvalue weighted by Gasteiger charge is 2.37. The molecule has 40 heavy (non-hydrogen) atoms. The minimum Gasteiger partial charge on any atom is -0.494 e. The molecule has 2 aromatic rings. The minimum absolute atomic E-state index is 0.166. The molecule has 0 bridgehead atoms. The first kappa shape index (κ1) is 27.6. The van der Waals surface area contributed by atoms with Crippen molar-refractivity contribution in [1.82, 2.24) is 20.1 Å². The smallest absolute Gasteiger partial charge is 0.254 e. The summed E-state index contributed by atoms with van der Waals surface area (Å²) in [5.74, 6) is 0.334. The van der Waals surface area contributed by atoms with Crippen LogP contribution in [0.25, 0.3) is 0 Å². The van der Waals surface area contributed by atoms with Gasteiger partial charge in [0, 0.05) is 50.9 Å². The number of primary amides is 1. The lowest BCUT2D eigenvalue weighted by Gasteiger charge is -2.36. The summed E-state index contributed by atoms with van der Waals surface area (Å²) in [5, 5.41) is 2.34. The summed E-state index contributed by atoms with van der Waals surface area (Å²) in [4.78, 5) is 58.6. The Balaban J connectivity index is 0.992. The first-order chi connectivity index (χ1) is 19.4. The molecule has 3 aliphatic rings. The van der Waals surface area contributed by atoms with Crippen LogP contribution in [0.1, 0.15) is 58.4 Å². The number of rotatable bonds is 10. The molecule has 4 heterocycles. The predicted octanol–water partition coefficient (Wildman–Crippen LogP) is 1.36. The van der Waals surface area contributed by atoms with Crippen molar-refractivity contribution in [2.75, 3.05) is 50.8 Å². The Morgan fingerprint density at radius 1 is 1.00 bits per heavy atom. The number of piperazine rings is 1. The number of nitrogens with one attached hydrogen (secondary N) is 1. The number of anilines is 1. The van der Waals surface area contributed by atoms with E-state index >= 15 is 0 Å². The molecule has 0 aliphatic carbocycles. The summed E-state index contributed by atoms with van der Waals surface area (Å²) >= 11 is 0. The quantitative estimate of drug-likeness (QED) is 0.335. The number of imide groups is 1. The Labute approximate surface area is 233 Å². The Kier molecular flexibility index (Phi) is 8.59. The maximum absolute atomic E-state index is 13.0. The molecule has 11 nitrogen and oxygen atoms in total. The Morgan fingerprint density at radius 3 is 2.55 bits per heavy atom. The molecular weight excluding hydrogens is 512 g/mol. The fourth-order valence-corrected chi connectivity index (χ4v) is 5.57. The zero-order valence-corrected chi connectivity index (χ0v) is 22.6. The van der Waals surface area contributed by atoms with Crippen LogP contribution in [0, 0.1) is 0 Å². The van der Waals surface area contributed by atoms with E-state index in [1.807, 2.05) is 18.2 Å². The molecule has 3 aliphatic heterocycles. The van der Waals surface area contributed by atoms with Crippen molar-refractivity contribution in [3.05, 3.63) is 53.2 Å². The molecule has 5 rings (SSSR count). The molecule has 0 saturated carbocycles. The van der Waals surface area contributed by atoms with E-state index in [9.17, 15) is 19.2 Å². The maximum Gasteiger partial charge on any atom is 0.254 e. The fraction of sp³-hybridized carbons (Fsp3) is 0.483. The van der Waals surface area contributed by atoms with Gasteiger partial charge in [-0.25, -0.2) is 4.98 Å². The number of fused-ring (bicyclic) bond motifs is 1. The lowest BCUT2D eigenvalue weighted by atomic mass is 9.95. The molecule has 11 heteroatoms. The lowest BCUT2D eigenvalue weighted by Crippen LogP contribution is -2.55. The molecule has 2 fully saturated rings. The first-order valence-corrected chi connectivity index (χ1v) is 14.0. The maximum atomic E-state index is 13.0. The summed E-state index contributed by atoms with van der Waals surface area (Å²) in [6.45, 7) is 5.88. The minimum atomic E-state index is -0.586. The first-order valence-electron chi connectivity index (χ1n) is 14.0. The van der Waals surface area contributed by atoms with E-state index in [-0.39, 0.29) is 24.1 Å². The number of hydrogen-bond acceptors (Lipinski definition) is 8. The van der Waals surface area contributed by atoms with Crippen molar-refractivity contribution in [3.8, 4) is 5.75 Å². The van der Waals surface area contributed by atoms with Crippen molar-refractivity contribution in [1.29, 1.82) is 0 Å². The van der Waals surface area contributed by atoms with E-state index < -0.39 is 11.9 Å². The van der Waals surface area contributed by atoms with Gasteiger partial charge in [0.1, 0.15) is 17.6 Å². The van der Waals surface area contributed by atoms with Crippen molar-refractivity contribution < 1.29 is 23.9 Å². The van der Waals surface area contributed by atoms with Gasteiger partial charge in [-0.05, 0) is 74.5 Å². The van der Waals surface area contributed by atoms with Gasteiger partial charge in [0.05, 0.1) is 12.2 Å². The van der Waals surface area contributed by atoms with E-state index in [1.165, 1.54) is 6.20 Å². The van der Waals surface area contributed by atoms with Gasteiger partial charge < -0.3 is 20.3 Å². The van der Waals surface area contributed by atoms with Crippen LogP contribution in [0.15, 0.2) is 36.5 Å². The predicted molar refractivity (Wildman–Crippen MR) is 148 cm³/mol. The van der Waals surface area contributed by atoms with Gasteiger partial charge in [0.15, 0.2) is 0 Å². The molecule has 4 amide bonds. The SMILES string of the molecule is NC(=O)c1ccc(N2CCN(CCCCCOc3ccc4c(c3)CCN(C3CCC(=O)NC3=O)C4=O)CC2)nc1. The lowest BCUT2D eigenvalue weighted by molar-refractivity contribution is -0.136. The standard InChI is InChI=1S/C29H36N6O5/c30-27(37)21-4-8-25(31-19-21)34-15-13-33(14-16-34)11-2-1-3-17-40-22-5-6-23-20(18-22)10-12-35(29(23)39)24-7-9-26(36)32-28(24)38/h4-6,8,18-19,24H,1-3,7,9-17H2,(H2,30,37)(H,32,36,38). The summed E-state index contributed by atoms with van der Waals surface area (Å²) in [6, 6.07) is 8.53. The van der Waals surface area contributed by atoms with Crippen molar-refractivity contribution >= 4 is 29.4 Å². The van der Waals surface area contributed by atoms with E-state index in [1.54, 1.807) is 17.0 Å². The normalized spacial score (nSPS) is 19.8. The number of hydrogen-bond donors (Lipinski definition) is 2. The van der Waals surface area contributed by atoms with Crippen molar-refractivity contribution in [3.63, 3.8) is 0 Å². The van der Waals surface area contributed by atoms with E-state index in [2.05, 4.69) is 20.1 Å². The molecule has 1 atom stereocenters. The van der Waals surface area contributed by atoms with Gasteiger partial charge in [-0.2, -0.15) is 0 Å². The topological polar surface area (TPSA) is 138 Å². The number of benzene rings is 1. The molecule has 0 radical (unpaired) electrons. The van der Waals surface area contributed by atoms with E-state index in [0.717, 1.165) is 69.1 Å². The van der Waals surface area contributed by atoms with Gasteiger partial charge in [-0.1, -0.05) is 0 Å². The second-order valence-corrected chi connectivity index (χ2v) is 10.5. The molecule has 1 aromatic carbocycles. The number of piperidine rings is 1. The molecule has 212 valence electrons. The van der Waals surface area contributed by atoms with E-state index in [4.69, 9.17) is 10.5 Å². The Bertz CT molecular complexity index is 1260. The molecule has 2 saturated heterocycles. The van der Waals surface area contributed by atoms with Gasteiger partial charge in [0.2, 0.25) is 17.7 Å². The number of nitrogens with two attached hydrogens (primary N) is 1. The molecular formula is C29H36N6O5. The number of unbranched alkanes of at least 4 members (excludes halogenated alkanes) is 2. The largest absolute Gasteiger partial charge is 0.494 e. The average Bonchev–Trinajstić information content (AvgIpc) is 2.96. The molecule has 1 aromatic heterocycles. The zero-order chi connectivity index (χ0) is 28.1. The van der Waals surface area contributed by atoms with Crippen LogP contribution in [-0.4, -0.2) is 90.3 Å². The Morgan fingerprint density at radius 2 is 1.82 bits per heavy atom. The van der Waals surface area contributed by atoms with Crippen LogP contribution < -0.4 is 20.7 Å². The van der Waals surface area contributed by atoms with Crippen LogP contribution in [0.2, 0.25) is 0 Å². The van der Waals surface area contributed by atoms with E-state index in [0.29, 0.717) is 37.1 Å². The van der Waals surface area contributed by atoms with Crippen molar-refractivity contribution in [2.24, 2.45) is 5.73 Å². The highest BCUT2D eigenvalue weighted by atomic mass is 16.5. The molecule has 3 N–H and O–H groups in total. The van der Waals surface area contributed by atoms with Gasteiger partial charge in [-0.3, -0.25) is 29.4 Å².